The zero-order valence-corrected chi connectivity index (χ0v) is 15.8. The molecule has 1 unspecified atom stereocenters. The lowest BCUT2D eigenvalue weighted by atomic mass is 10.1. The highest BCUT2D eigenvalue weighted by atomic mass is 32.5. The molecule has 0 bridgehead atoms. The molecular weight excluding hydrogens is 317 g/mol. The smallest absolute Gasteiger partial charge is 0.323 e. The second kappa shape index (κ2) is 16.1. The van der Waals surface area contributed by atoms with Crippen LogP contribution in [0.5, 0.6) is 0 Å². The van der Waals surface area contributed by atoms with Crippen molar-refractivity contribution in [2.45, 2.75) is 84.0 Å². The van der Waals surface area contributed by atoms with Crippen LogP contribution in [0.3, 0.4) is 0 Å². The first-order valence-electron chi connectivity index (χ1n) is 8.63. The van der Waals surface area contributed by atoms with Gasteiger partial charge in [-0.15, -0.1) is 0 Å². The number of hydrogen-bond acceptors (Lipinski definition) is 4. The largest absolute Gasteiger partial charge is 0.341 e. The summed E-state index contributed by atoms with van der Waals surface area (Å²) in [6.07, 6.45) is 19.5. The number of allylic oxidation sites excluding steroid dienone is 2. The van der Waals surface area contributed by atoms with Gasteiger partial charge in [-0.25, -0.2) is 10.5 Å². The molecule has 0 spiro atoms. The van der Waals surface area contributed by atoms with Gasteiger partial charge in [-0.2, -0.15) is 0 Å². The van der Waals surface area contributed by atoms with Crippen molar-refractivity contribution in [2.75, 3.05) is 6.61 Å². The Bertz CT molecular complexity index is 314. The van der Waals surface area contributed by atoms with E-state index in [4.69, 9.17) is 10.4 Å². The van der Waals surface area contributed by atoms with Crippen molar-refractivity contribution in [1.82, 2.24) is 0 Å². The van der Waals surface area contributed by atoms with Gasteiger partial charge in [0.2, 0.25) is 0 Å². The first kappa shape index (κ1) is 22.2. The van der Waals surface area contributed by atoms with Gasteiger partial charge in [-0.1, -0.05) is 64.0 Å². The Morgan fingerprint density at radius 1 is 0.909 bits per heavy atom. The predicted octanol–water partition coefficient (Wildman–Crippen LogP) is 5.37. The summed E-state index contributed by atoms with van der Waals surface area (Å²) in [5.41, 5.74) is 0. The predicted molar refractivity (Wildman–Crippen MR) is 97.9 cm³/mol. The minimum absolute atomic E-state index is 0.422. The summed E-state index contributed by atoms with van der Waals surface area (Å²) in [7, 11) is 0. The van der Waals surface area contributed by atoms with Gasteiger partial charge in [0.1, 0.15) is 0 Å². The van der Waals surface area contributed by atoms with Crippen LogP contribution in [-0.2, 0) is 21.0 Å². The molecule has 0 aromatic carbocycles. The van der Waals surface area contributed by atoms with Crippen molar-refractivity contribution < 1.29 is 14.0 Å². The van der Waals surface area contributed by atoms with E-state index in [-0.39, 0.29) is 0 Å². The second-order valence-electron chi connectivity index (χ2n) is 5.64. The van der Waals surface area contributed by atoms with E-state index in [1.165, 1.54) is 64.2 Å². The van der Waals surface area contributed by atoms with E-state index < -0.39 is 6.72 Å². The maximum absolute atomic E-state index is 9.28. The van der Waals surface area contributed by atoms with Crippen molar-refractivity contribution in [1.29, 1.82) is 0 Å². The summed E-state index contributed by atoms with van der Waals surface area (Å²) in [6.45, 7) is -0.486. The van der Waals surface area contributed by atoms with Crippen LogP contribution in [0.4, 0.5) is 0 Å². The molecule has 0 saturated heterocycles. The molecule has 0 saturated carbocycles. The van der Waals surface area contributed by atoms with E-state index in [9.17, 15) is 4.89 Å². The average molecular weight is 351 g/mol. The first-order chi connectivity index (χ1) is 10.6. The van der Waals surface area contributed by atoms with Gasteiger partial charge in [0.05, 0.1) is 6.61 Å². The Kier molecular flexibility index (Phi) is 16.3. The van der Waals surface area contributed by atoms with Gasteiger partial charge in [-0.3, -0.25) is 0 Å². The number of rotatable bonds is 16. The fourth-order valence-electron chi connectivity index (χ4n) is 2.21. The van der Waals surface area contributed by atoms with E-state index in [0.717, 1.165) is 12.8 Å². The highest BCUT2D eigenvalue weighted by Crippen LogP contribution is 2.41. The third kappa shape index (κ3) is 16.6. The fraction of sp³-hybridized carbons (Fsp3) is 0.875. The highest BCUT2D eigenvalue weighted by Gasteiger charge is 2.11. The molecule has 0 heterocycles. The number of hydrogen-bond donors (Lipinski definition) is 2. The normalized spacial score (nSPS) is 14.5. The lowest BCUT2D eigenvalue weighted by Crippen LogP contribution is -2.01. The molecule has 4 nitrogen and oxygen atoms in total. The van der Waals surface area contributed by atoms with Crippen molar-refractivity contribution in [3.05, 3.63) is 12.2 Å². The zero-order chi connectivity index (χ0) is 16.5. The SMILES string of the molecule is CCCCCC/C=C\CCCCCCCCOP(O)(=S)ON. The lowest BCUT2D eigenvalue weighted by molar-refractivity contribution is 0.196. The van der Waals surface area contributed by atoms with Crippen molar-refractivity contribution in [2.24, 2.45) is 5.90 Å². The molecule has 0 fully saturated rings. The Morgan fingerprint density at radius 3 is 1.95 bits per heavy atom. The number of nitrogens with two attached hydrogens (primary N) is 1. The average Bonchev–Trinajstić information content (AvgIpc) is 2.51. The molecule has 0 amide bonds. The molecule has 0 aromatic rings. The Morgan fingerprint density at radius 2 is 1.41 bits per heavy atom. The highest BCUT2D eigenvalue weighted by molar-refractivity contribution is 8.07. The van der Waals surface area contributed by atoms with Crippen LogP contribution in [0.1, 0.15) is 84.0 Å². The van der Waals surface area contributed by atoms with Crippen LogP contribution in [0, 0.1) is 0 Å². The third-order valence-corrected chi connectivity index (χ3v) is 4.89. The summed E-state index contributed by atoms with van der Waals surface area (Å²) < 4.78 is 9.22. The van der Waals surface area contributed by atoms with E-state index in [0.29, 0.717) is 6.61 Å². The molecule has 0 aliphatic rings. The minimum atomic E-state index is -3.16. The van der Waals surface area contributed by atoms with Crippen LogP contribution in [0.25, 0.3) is 0 Å². The van der Waals surface area contributed by atoms with Gasteiger partial charge in [0, 0.05) is 0 Å². The Balaban J connectivity index is 3.17. The summed E-state index contributed by atoms with van der Waals surface area (Å²) in [5, 5.41) is 0. The van der Waals surface area contributed by atoms with Gasteiger partial charge in [0.25, 0.3) is 0 Å². The van der Waals surface area contributed by atoms with Crippen molar-refractivity contribution in [3.8, 4) is 0 Å². The van der Waals surface area contributed by atoms with Crippen LogP contribution in [-0.4, -0.2) is 11.5 Å². The van der Waals surface area contributed by atoms with Crippen LogP contribution in [0.2, 0.25) is 0 Å². The molecule has 6 heteroatoms. The Hall–Kier alpha value is 0.230. The van der Waals surface area contributed by atoms with Gasteiger partial charge in [0.15, 0.2) is 0 Å². The molecule has 0 rings (SSSR count). The first-order valence-corrected chi connectivity index (χ1v) is 11.2. The zero-order valence-electron chi connectivity index (χ0n) is 14.0. The van der Waals surface area contributed by atoms with Crippen LogP contribution < -0.4 is 5.90 Å². The van der Waals surface area contributed by atoms with Gasteiger partial charge in [-0.05, 0) is 43.9 Å². The topological polar surface area (TPSA) is 64.7 Å². The van der Waals surface area contributed by atoms with Crippen LogP contribution >= 0.6 is 6.72 Å². The summed E-state index contributed by atoms with van der Waals surface area (Å²) >= 11 is 4.63. The van der Waals surface area contributed by atoms with Crippen molar-refractivity contribution >= 4 is 18.5 Å². The summed E-state index contributed by atoms with van der Waals surface area (Å²) in [5.74, 6) is 4.83. The molecule has 0 aliphatic heterocycles. The second-order valence-corrected chi connectivity index (χ2v) is 8.43. The van der Waals surface area contributed by atoms with E-state index in [2.05, 4.69) is 35.5 Å². The van der Waals surface area contributed by atoms with E-state index in [1.807, 2.05) is 0 Å². The van der Waals surface area contributed by atoms with Gasteiger partial charge >= 0.3 is 6.72 Å². The van der Waals surface area contributed by atoms with Crippen molar-refractivity contribution in [3.63, 3.8) is 0 Å². The van der Waals surface area contributed by atoms with Crippen LogP contribution in [0.15, 0.2) is 12.2 Å². The maximum Gasteiger partial charge on any atom is 0.341 e. The van der Waals surface area contributed by atoms with Gasteiger partial charge < -0.3 is 9.42 Å². The Labute approximate surface area is 141 Å². The van der Waals surface area contributed by atoms with E-state index in [1.54, 1.807) is 0 Å². The molecule has 0 aliphatic carbocycles. The minimum Gasteiger partial charge on any atom is -0.323 e. The summed E-state index contributed by atoms with van der Waals surface area (Å²) in [6, 6.07) is 0. The lowest BCUT2D eigenvalue weighted by Gasteiger charge is -2.11. The monoisotopic (exact) mass is 351 g/mol. The summed E-state index contributed by atoms with van der Waals surface area (Å²) in [4.78, 5) is 9.28. The third-order valence-electron chi connectivity index (χ3n) is 3.54. The molecule has 0 radical (unpaired) electrons. The number of unbranched alkanes of at least 4 members (excludes halogenated alkanes) is 10. The standard InChI is InChI=1S/C16H34NO3PS/c1-2-3-4-5-6-7-8-9-10-11-12-13-14-15-16-19-21(18,22)20-17/h7-8H,2-6,9-17H2,1H3,(H,18,22)/b8-7-. The molecule has 1 atom stereocenters. The molecular formula is C16H34NO3PS. The quantitative estimate of drug-likeness (QED) is 0.169. The maximum atomic E-state index is 9.28. The molecule has 22 heavy (non-hydrogen) atoms. The molecule has 0 aromatic heterocycles. The molecule has 132 valence electrons. The van der Waals surface area contributed by atoms with E-state index >= 15 is 0 Å². The molecule has 3 N–H and O–H groups in total. The fourth-order valence-corrected chi connectivity index (χ4v) is 2.85.